The van der Waals surface area contributed by atoms with E-state index in [1.54, 1.807) is 6.07 Å². The van der Waals surface area contributed by atoms with Crippen LogP contribution in [0.25, 0.3) is 6.08 Å². The number of nitrogens with zero attached hydrogens (tertiary/aromatic N) is 1. The molecule has 0 aliphatic carbocycles. The molecule has 0 saturated carbocycles. The second kappa shape index (κ2) is 4.70. The molecule has 0 aliphatic rings. The smallest absolute Gasteiger partial charge is 0.365 e. The minimum absolute atomic E-state index is 0.299. The van der Waals surface area contributed by atoms with Gasteiger partial charge in [-0.3, -0.25) is 4.79 Å². The number of primary amides is 1. The molecule has 6 heteroatoms. The Hall–Kier alpha value is -2.29. The molecule has 0 unspecified atom stereocenters. The third-order valence-electron chi connectivity index (χ3n) is 1.93. The number of alkyl halides is 3. The van der Waals surface area contributed by atoms with Gasteiger partial charge in [-0.15, -0.1) is 0 Å². The van der Waals surface area contributed by atoms with Crippen LogP contribution in [0.4, 0.5) is 13.2 Å². The van der Waals surface area contributed by atoms with Crippen LogP contribution in [0.1, 0.15) is 11.1 Å². The lowest BCUT2D eigenvalue weighted by Gasteiger charge is -2.05. The van der Waals surface area contributed by atoms with Crippen LogP contribution in [-0.2, 0) is 11.0 Å². The molecule has 0 aromatic heterocycles. The van der Waals surface area contributed by atoms with Crippen molar-refractivity contribution in [2.45, 2.75) is 6.18 Å². The molecule has 1 rings (SSSR count). The van der Waals surface area contributed by atoms with Gasteiger partial charge < -0.3 is 5.73 Å². The van der Waals surface area contributed by atoms with Crippen molar-refractivity contribution in [3.63, 3.8) is 0 Å². The van der Waals surface area contributed by atoms with Gasteiger partial charge in [0, 0.05) is 0 Å². The van der Waals surface area contributed by atoms with E-state index in [0.717, 1.165) is 30.3 Å². The zero-order valence-corrected chi connectivity index (χ0v) is 8.45. The summed E-state index contributed by atoms with van der Waals surface area (Å²) >= 11 is 0. The van der Waals surface area contributed by atoms with E-state index in [4.69, 9.17) is 11.0 Å². The monoisotopic (exact) mass is 240 g/mol. The van der Waals surface area contributed by atoms with Gasteiger partial charge in [-0.1, -0.05) is 12.1 Å². The Labute approximate surface area is 95.0 Å². The van der Waals surface area contributed by atoms with E-state index >= 15 is 0 Å². The molecule has 0 radical (unpaired) electrons. The number of halogens is 3. The maximum atomic E-state index is 12.2. The van der Waals surface area contributed by atoms with E-state index < -0.39 is 17.6 Å². The minimum atomic E-state index is -4.41. The maximum Gasteiger partial charge on any atom is 0.416 e. The number of nitrogens with two attached hydrogens (primary N) is 1. The Morgan fingerprint density at radius 2 is 1.82 bits per heavy atom. The summed E-state index contributed by atoms with van der Waals surface area (Å²) in [6, 6.07) is 5.60. The van der Waals surface area contributed by atoms with Crippen LogP contribution in [0.2, 0.25) is 0 Å². The number of amides is 1. The van der Waals surface area contributed by atoms with E-state index in [1.807, 2.05) is 0 Å². The topological polar surface area (TPSA) is 66.9 Å². The average Bonchev–Trinajstić information content (AvgIpc) is 2.25. The van der Waals surface area contributed by atoms with Crippen molar-refractivity contribution in [2.24, 2.45) is 5.73 Å². The highest BCUT2D eigenvalue weighted by atomic mass is 19.4. The highest BCUT2D eigenvalue weighted by Gasteiger charge is 2.29. The molecule has 0 aliphatic heterocycles. The lowest BCUT2D eigenvalue weighted by Crippen LogP contribution is -2.12. The van der Waals surface area contributed by atoms with Crippen LogP contribution in [0.15, 0.2) is 29.8 Å². The predicted molar refractivity (Wildman–Crippen MR) is 54.2 cm³/mol. The number of hydrogen-bond donors (Lipinski definition) is 1. The molecule has 0 spiro atoms. The third-order valence-corrected chi connectivity index (χ3v) is 1.93. The number of rotatable bonds is 2. The number of nitriles is 1. The fraction of sp³-hybridized carbons (Fsp3) is 0.0909. The second-order valence-electron chi connectivity index (χ2n) is 3.15. The lowest BCUT2D eigenvalue weighted by molar-refractivity contribution is -0.137. The molecule has 3 nitrogen and oxygen atoms in total. The van der Waals surface area contributed by atoms with E-state index in [9.17, 15) is 18.0 Å². The van der Waals surface area contributed by atoms with Crippen molar-refractivity contribution in [1.29, 1.82) is 5.26 Å². The largest absolute Gasteiger partial charge is 0.416 e. The molecule has 0 atom stereocenters. The quantitative estimate of drug-likeness (QED) is 0.635. The summed E-state index contributed by atoms with van der Waals surface area (Å²) in [7, 11) is 0. The molecule has 0 fully saturated rings. The van der Waals surface area contributed by atoms with E-state index in [2.05, 4.69) is 0 Å². The Bertz CT molecular complexity index is 495. The van der Waals surface area contributed by atoms with Gasteiger partial charge in [0.15, 0.2) is 0 Å². The molecule has 88 valence electrons. The second-order valence-corrected chi connectivity index (χ2v) is 3.15. The first kappa shape index (κ1) is 12.8. The van der Waals surface area contributed by atoms with Crippen LogP contribution in [0.5, 0.6) is 0 Å². The summed E-state index contributed by atoms with van der Waals surface area (Å²) in [6.07, 6.45) is -3.29. The van der Waals surface area contributed by atoms with Crippen LogP contribution in [-0.4, -0.2) is 5.91 Å². The van der Waals surface area contributed by atoms with Gasteiger partial charge in [-0.25, -0.2) is 0 Å². The number of hydrogen-bond acceptors (Lipinski definition) is 2. The van der Waals surface area contributed by atoms with Crippen molar-refractivity contribution in [3.8, 4) is 6.07 Å². The van der Waals surface area contributed by atoms with E-state index in [-0.39, 0.29) is 5.57 Å². The fourth-order valence-electron chi connectivity index (χ4n) is 1.09. The van der Waals surface area contributed by atoms with Gasteiger partial charge >= 0.3 is 6.18 Å². The summed E-state index contributed by atoms with van der Waals surface area (Å²) < 4.78 is 36.7. The van der Waals surface area contributed by atoms with Gasteiger partial charge in [0.1, 0.15) is 11.6 Å². The lowest BCUT2D eigenvalue weighted by atomic mass is 10.1. The predicted octanol–water partition coefficient (Wildman–Crippen LogP) is 2.10. The zero-order chi connectivity index (χ0) is 13.1. The average molecular weight is 240 g/mol. The maximum absolute atomic E-state index is 12.2. The Kier molecular flexibility index (Phi) is 3.53. The molecular formula is C11H7F3N2O. The van der Waals surface area contributed by atoms with Gasteiger partial charge in [0.05, 0.1) is 5.56 Å². The Balaban J connectivity index is 3.05. The molecule has 0 bridgehead atoms. The van der Waals surface area contributed by atoms with Gasteiger partial charge in [-0.2, -0.15) is 18.4 Å². The summed E-state index contributed by atoms with van der Waals surface area (Å²) in [5, 5.41) is 8.54. The third kappa shape index (κ3) is 3.34. The first-order valence-corrected chi connectivity index (χ1v) is 4.43. The fourth-order valence-corrected chi connectivity index (χ4v) is 1.09. The molecule has 1 aromatic rings. The van der Waals surface area contributed by atoms with Crippen molar-refractivity contribution in [1.82, 2.24) is 0 Å². The van der Waals surface area contributed by atoms with Crippen LogP contribution >= 0.6 is 0 Å². The van der Waals surface area contributed by atoms with Crippen LogP contribution < -0.4 is 5.73 Å². The van der Waals surface area contributed by atoms with Crippen molar-refractivity contribution in [3.05, 3.63) is 41.0 Å². The number of carbonyl (C=O) groups is 1. The SMILES string of the molecule is N#C/C(=C\c1ccc(C(F)(F)F)cc1)C(N)=O. The van der Waals surface area contributed by atoms with Gasteiger partial charge in [0.2, 0.25) is 0 Å². The molecule has 1 aromatic carbocycles. The van der Waals surface area contributed by atoms with Crippen LogP contribution in [0, 0.1) is 11.3 Å². The van der Waals surface area contributed by atoms with E-state index in [0.29, 0.717) is 5.56 Å². The van der Waals surface area contributed by atoms with Crippen LogP contribution in [0.3, 0.4) is 0 Å². The Morgan fingerprint density at radius 3 is 2.18 bits per heavy atom. The van der Waals surface area contributed by atoms with Crippen molar-refractivity contribution in [2.75, 3.05) is 0 Å². The summed E-state index contributed by atoms with van der Waals surface area (Å²) in [4.78, 5) is 10.7. The first-order chi connectivity index (χ1) is 7.84. The van der Waals surface area contributed by atoms with Crippen molar-refractivity contribution < 1.29 is 18.0 Å². The van der Waals surface area contributed by atoms with Gasteiger partial charge in [-0.05, 0) is 23.8 Å². The minimum Gasteiger partial charge on any atom is -0.365 e. The summed E-state index contributed by atoms with van der Waals surface area (Å²) in [5.41, 5.74) is 4.07. The standard InChI is InChI=1S/C11H7F3N2O/c12-11(13,14)9-3-1-7(2-4-9)5-8(6-15)10(16)17/h1-5H,(H2,16,17)/b8-5+. The molecule has 2 N–H and O–H groups in total. The summed E-state index contributed by atoms with van der Waals surface area (Å²) in [5.74, 6) is -0.924. The molecule has 0 saturated heterocycles. The first-order valence-electron chi connectivity index (χ1n) is 4.43. The molecule has 17 heavy (non-hydrogen) atoms. The number of benzene rings is 1. The highest BCUT2D eigenvalue weighted by molar-refractivity contribution is 6.00. The molecular weight excluding hydrogens is 233 g/mol. The Morgan fingerprint density at radius 1 is 1.29 bits per heavy atom. The molecule has 1 amide bonds. The van der Waals surface area contributed by atoms with Crippen molar-refractivity contribution >= 4 is 12.0 Å². The normalized spacial score (nSPS) is 12.0. The molecule has 0 heterocycles. The zero-order valence-electron chi connectivity index (χ0n) is 8.45. The summed E-state index contributed by atoms with van der Waals surface area (Å²) in [6.45, 7) is 0. The highest BCUT2D eigenvalue weighted by Crippen LogP contribution is 2.29. The van der Waals surface area contributed by atoms with E-state index in [1.165, 1.54) is 0 Å². The van der Waals surface area contributed by atoms with Gasteiger partial charge in [0.25, 0.3) is 5.91 Å². The number of carbonyl (C=O) groups excluding carboxylic acids is 1.